The van der Waals surface area contributed by atoms with E-state index in [2.05, 4.69) is 25.8 Å². The molecule has 4 aliphatic rings. The van der Waals surface area contributed by atoms with Gasteiger partial charge in [-0.2, -0.15) is 28.4 Å². The van der Waals surface area contributed by atoms with Crippen LogP contribution in [-0.4, -0.2) is 93.7 Å². The number of nitrogens with zero attached hydrogens (tertiary/aromatic N) is 12. The molecule has 1 unspecified atom stereocenters. The van der Waals surface area contributed by atoms with Crippen molar-refractivity contribution in [3.63, 3.8) is 0 Å². The molecule has 10 heterocycles. The highest BCUT2D eigenvalue weighted by molar-refractivity contribution is 6.34. The Morgan fingerprint density at radius 1 is 0.789 bits per heavy atom. The van der Waals surface area contributed by atoms with Crippen LogP contribution in [0.4, 0.5) is 36.4 Å². The smallest absolute Gasteiger partial charge is 0.436 e. The molecule has 0 spiro atoms. The second-order valence-corrected chi connectivity index (χ2v) is 15.1. The molecule has 6 aromatic heterocycles. The molecule has 0 amide bonds. The number of nitrogens with one attached hydrogen (secondary N) is 2. The Bertz CT molecular complexity index is 2500. The van der Waals surface area contributed by atoms with E-state index in [1.54, 1.807) is 15.4 Å². The van der Waals surface area contributed by atoms with Gasteiger partial charge >= 0.3 is 12.1 Å². The quantitative estimate of drug-likeness (QED) is 0.225. The lowest BCUT2D eigenvalue weighted by atomic mass is 10.1. The molecular weight excluding hydrogens is 773 g/mol. The van der Waals surface area contributed by atoms with Crippen LogP contribution in [0.25, 0.3) is 22.1 Å². The first kappa shape index (κ1) is 36.1. The summed E-state index contributed by atoms with van der Waals surface area (Å²) < 4.78 is 76.7. The van der Waals surface area contributed by atoms with Crippen LogP contribution in [0, 0.1) is 13.8 Å². The van der Waals surface area contributed by atoms with Gasteiger partial charge < -0.3 is 24.3 Å². The number of alkyl halides is 3. The Hall–Kier alpha value is -5.28. The van der Waals surface area contributed by atoms with E-state index >= 15 is 0 Å². The maximum Gasteiger partial charge on any atom is 0.436 e. The number of halogens is 4. The molecule has 57 heavy (non-hydrogen) atoms. The first-order valence-electron chi connectivity index (χ1n) is 19.0. The van der Waals surface area contributed by atoms with Crippen molar-refractivity contribution < 1.29 is 36.7 Å². The SMILES string of the molecule is Cc1c2c(nn1C1CCOCC1)OCC([n+]1cc3c(C(F)(F)F)nn4c3nc1Nc1c(nn(C3CCOCC3)c1C)OCCC4)Cn1nc(Cl)c3cnc(nc31)N2. The molecule has 2 N–H and O–H groups in total. The topological polar surface area (TPSA) is 175 Å². The van der Waals surface area contributed by atoms with Crippen molar-refractivity contribution in [1.29, 1.82) is 0 Å². The normalized spacial score (nSPS) is 19.6. The molecule has 1 atom stereocenters. The van der Waals surface area contributed by atoms with Gasteiger partial charge in [-0.1, -0.05) is 16.6 Å². The number of anilines is 4. The Morgan fingerprint density at radius 2 is 1.44 bits per heavy atom. The van der Waals surface area contributed by atoms with E-state index in [0.717, 1.165) is 37.1 Å². The summed E-state index contributed by atoms with van der Waals surface area (Å²) >= 11 is 6.63. The van der Waals surface area contributed by atoms with Gasteiger partial charge in [0.25, 0.3) is 11.8 Å². The highest BCUT2D eigenvalue weighted by Gasteiger charge is 2.41. The Labute approximate surface area is 327 Å². The number of ether oxygens (including phenoxy) is 4. The maximum absolute atomic E-state index is 14.7. The van der Waals surface area contributed by atoms with Crippen molar-refractivity contribution in [1.82, 2.24) is 54.1 Å². The van der Waals surface area contributed by atoms with Crippen LogP contribution >= 0.6 is 11.6 Å². The number of aromatic nitrogens is 12. The monoisotopic (exact) mass is 811 g/mol. The van der Waals surface area contributed by atoms with Crippen LogP contribution in [-0.2, 0) is 28.7 Å². The molecule has 6 aromatic rings. The van der Waals surface area contributed by atoms with Crippen LogP contribution in [0.5, 0.6) is 11.8 Å². The Balaban J connectivity index is 1.15. The van der Waals surface area contributed by atoms with Crippen LogP contribution < -0.4 is 24.7 Å². The van der Waals surface area contributed by atoms with Gasteiger partial charge in [-0.05, 0) is 39.5 Å². The third-order valence-electron chi connectivity index (χ3n) is 11.1. The third kappa shape index (κ3) is 6.35. The van der Waals surface area contributed by atoms with Crippen molar-refractivity contribution in [2.45, 2.75) is 83.3 Å². The molecular formula is C35H39ClF3N14O4+. The van der Waals surface area contributed by atoms with Crippen molar-refractivity contribution in [2.24, 2.45) is 0 Å². The summed E-state index contributed by atoms with van der Waals surface area (Å²) in [6.45, 7) is 6.61. The number of fused-ring (bicyclic) bond motifs is 4. The van der Waals surface area contributed by atoms with E-state index in [-0.39, 0.29) is 72.4 Å². The maximum atomic E-state index is 14.7. The third-order valence-corrected chi connectivity index (χ3v) is 11.4. The van der Waals surface area contributed by atoms with Gasteiger partial charge in [0, 0.05) is 45.6 Å². The fraction of sp³-hybridized carbons (Fsp3) is 0.543. The zero-order chi connectivity index (χ0) is 39.0. The minimum Gasteiger partial charge on any atom is -0.474 e. The average Bonchev–Trinajstić information content (AvgIpc) is 3.92. The van der Waals surface area contributed by atoms with Crippen LogP contribution in [0.1, 0.15) is 67.3 Å². The second-order valence-electron chi connectivity index (χ2n) is 14.7. The molecule has 300 valence electrons. The second kappa shape index (κ2) is 14.0. The molecule has 0 saturated carbocycles. The molecule has 0 aliphatic carbocycles. The van der Waals surface area contributed by atoms with Gasteiger partial charge in [-0.3, -0.25) is 9.36 Å². The van der Waals surface area contributed by atoms with Crippen LogP contribution in [0.2, 0.25) is 5.15 Å². The zero-order valence-corrected chi connectivity index (χ0v) is 31.8. The average molecular weight is 812 g/mol. The number of hydrogen-bond acceptors (Lipinski definition) is 13. The van der Waals surface area contributed by atoms with Gasteiger partial charge in [-0.25, -0.2) is 24.2 Å². The largest absolute Gasteiger partial charge is 0.474 e. The first-order chi connectivity index (χ1) is 27.6. The molecule has 4 bridgehead atoms. The van der Waals surface area contributed by atoms with Crippen LogP contribution in [0.15, 0.2) is 12.4 Å². The number of hydrogen-bond donors (Lipinski definition) is 2. The number of aryl methyl sites for hydroxylation is 1. The van der Waals surface area contributed by atoms with Gasteiger partial charge in [0.1, 0.15) is 23.7 Å². The summed E-state index contributed by atoms with van der Waals surface area (Å²) in [7, 11) is 0. The lowest BCUT2D eigenvalue weighted by molar-refractivity contribution is -0.713. The Kier molecular flexibility index (Phi) is 8.85. The van der Waals surface area contributed by atoms with E-state index in [4.69, 9.17) is 50.7 Å². The molecule has 10 rings (SSSR count). The van der Waals surface area contributed by atoms with Gasteiger partial charge in [0.2, 0.25) is 11.6 Å². The van der Waals surface area contributed by atoms with E-state index in [1.165, 1.54) is 10.9 Å². The fourth-order valence-corrected chi connectivity index (χ4v) is 8.38. The minimum atomic E-state index is -4.76. The molecule has 18 nitrogen and oxygen atoms in total. The summed E-state index contributed by atoms with van der Waals surface area (Å²) in [5.74, 6) is 1.13. The van der Waals surface area contributed by atoms with E-state index in [0.29, 0.717) is 61.1 Å². The summed E-state index contributed by atoms with van der Waals surface area (Å²) in [6.07, 6.45) is 1.71. The lowest BCUT2D eigenvalue weighted by Gasteiger charge is -2.23. The van der Waals surface area contributed by atoms with Crippen molar-refractivity contribution in [2.75, 3.05) is 50.3 Å². The lowest BCUT2D eigenvalue weighted by Crippen LogP contribution is -2.47. The molecule has 0 aromatic carbocycles. The summed E-state index contributed by atoms with van der Waals surface area (Å²) in [5.41, 5.74) is 2.14. The van der Waals surface area contributed by atoms with Gasteiger partial charge in [0.15, 0.2) is 22.2 Å². The van der Waals surface area contributed by atoms with E-state index in [9.17, 15) is 13.2 Å². The van der Waals surface area contributed by atoms with Crippen molar-refractivity contribution in [3.8, 4) is 11.8 Å². The number of rotatable bonds is 3. The molecule has 22 heteroatoms. The van der Waals surface area contributed by atoms with E-state index < -0.39 is 17.9 Å². The predicted octanol–water partition coefficient (Wildman–Crippen LogP) is 5.15. The first-order valence-corrected chi connectivity index (χ1v) is 19.4. The molecule has 4 aliphatic heterocycles. The predicted molar refractivity (Wildman–Crippen MR) is 196 cm³/mol. The molecule has 0 radical (unpaired) electrons. The fourth-order valence-electron chi connectivity index (χ4n) is 8.16. The van der Waals surface area contributed by atoms with Gasteiger partial charge in [-0.15, -0.1) is 10.2 Å². The zero-order valence-electron chi connectivity index (χ0n) is 31.1. The molecule has 2 fully saturated rings. The van der Waals surface area contributed by atoms with E-state index in [1.807, 2.05) is 23.2 Å². The summed E-state index contributed by atoms with van der Waals surface area (Å²) in [4.78, 5) is 14.2. The van der Waals surface area contributed by atoms with Crippen molar-refractivity contribution in [3.05, 3.63) is 34.6 Å². The Morgan fingerprint density at radius 3 is 2.12 bits per heavy atom. The van der Waals surface area contributed by atoms with Gasteiger partial charge in [0.05, 0.1) is 48.2 Å². The highest BCUT2D eigenvalue weighted by atomic mass is 35.5. The van der Waals surface area contributed by atoms with Crippen LogP contribution in [0.3, 0.4) is 0 Å². The van der Waals surface area contributed by atoms with Crippen molar-refractivity contribution >= 4 is 56.9 Å². The highest BCUT2D eigenvalue weighted by Crippen LogP contribution is 2.39. The summed E-state index contributed by atoms with van der Waals surface area (Å²) in [6, 6.07) is -0.621. The molecule has 2 saturated heterocycles. The standard InChI is InChI=1S/C35H38ClF3N14O4/c1-18-25-32(48-52(18)20-4-10-54-11-5-20)57-17-22(15-51-29-23(28(36)46-51)14-40-33(41-25)43-29)49-16-24-27(35(37,38)39)45-50-8-3-9-56-31-26(42-34(49)44-30(24)50)19(2)53(47-31)21-6-12-55-13-7-21/h14,16,20-22H,3-13,15,17H2,1-2H3,(H,40,41,43,46)/p+1. The summed E-state index contributed by atoms with van der Waals surface area (Å²) in [5, 5.41) is 25.7. The minimum absolute atomic E-state index is 0.0559.